The van der Waals surface area contributed by atoms with Crippen molar-refractivity contribution in [1.82, 2.24) is 9.97 Å². The average molecular weight is 918 g/mol. The fraction of sp³-hybridized carbons (Fsp3) is 0.472. The molecular formula is C53H51N5O10. The lowest BCUT2D eigenvalue weighted by atomic mass is 9.51. The van der Waals surface area contributed by atoms with Crippen LogP contribution in [-0.2, 0) is 11.2 Å². The summed E-state index contributed by atoms with van der Waals surface area (Å²) in [5.74, 6) is -4.35. The van der Waals surface area contributed by atoms with Crippen LogP contribution in [0.3, 0.4) is 0 Å². The summed E-state index contributed by atoms with van der Waals surface area (Å²) in [5.41, 5.74) is -0.245. The molecule has 0 radical (unpaired) electrons. The summed E-state index contributed by atoms with van der Waals surface area (Å²) in [6, 6.07) is 8.90. The molecule has 348 valence electrons. The number of aromatic nitrogens is 2. The van der Waals surface area contributed by atoms with Gasteiger partial charge in [-0.2, -0.15) is 0 Å². The maximum absolute atomic E-state index is 15.1. The van der Waals surface area contributed by atoms with Gasteiger partial charge in [-0.1, -0.05) is 41.5 Å². The Hall–Kier alpha value is -5.52. The number of hydrogen-bond acceptors (Lipinski definition) is 13. The molecule has 4 aromatic rings. The SMILES string of the molecule is Cc1cc(O)c2c(c1)C(=O)c1c(c3cc4c(nccc14)NCC(O)C14CCCC1c1cc(C[C+]5C=N[CH+][N-]5)[n-]c1C1=CC5(O3)OC3(C1=C4CC1(CCC4(CCCC4)C1)C3O)C(O)C(O)C5O)C2=O. The first-order chi connectivity index (χ1) is 32.7. The Balaban J connectivity index is 1.09. The van der Waals surface area contributed by atoms with Crippen molar-refractivity contribution >= 4 is 39.9 Å². The van der Waals surface area contributed by atoms with Crippen molar-refractivity contribution in [2.75, 3.05) is 11.9 Å². The quantitative estimate of drug-likeness (QED) is 0.108. The largest absolute Gasteiger partial charge is 0.657 e. The lowest BCUT2D eigenvalue weighted by molar-refractivity contribution is -0.366. The molecule has 2 aromatic heterocycles. The van der Waals surface area contributed by atoms with Crippen molar-refractivity contribution in [3.8, 4) is 11.5 Å². The number of aromatic hydroxyl groups is 1. The maximum Gasteiger partial charge on any atom is 0.301 e. The van der Waals surface area contributed by atoms with Crippen LogP contribution in [-0.4, -0.2) is 102 Å². The van der Waals surface area contributed by atoms with Crippen molar-refractivity contribution in [2.24, 2.45) is 21.2 Å². The number of carbonyl (C=O) groups excluding carboxylic acids is 2. The Morgan fingerprint density at radius 3 is 2.59 bits per heavy atom. The first-order valence-corrected chi connectivity index (χ1v) is 24.2. The maximum atomic E-state index is 15.1. The topological polar surface area (TPSA) is 239 Å². The van der Waals surface area contributed by atoms with Gasteiger partial charge in [-0.05, 0) is 122 Å². The summed E-state index contributed by atoms with van der Waals surface area (Å²) < 4.78 is 14.5. The first kappa shape index (κ1) is 41.5. The predicted octanol–water partition coefficient (Wildman–Crippen LogP) is 5.50. The van der Waals surface area contributed by atoms with Gasteiger partial charge in [0.2, 0.25) is 5.78 Å². The van der Waals surface area contributed by atoms with Gasteiger partial charge < -0.3 is 50.4 Å². The number of nitrogens with zero attached hydrogens (tertiary/aromatic N) is 4. The summed E-state index contributed by atoms with van der Waals surface area (Å²) in [6.07, 6.45) is 5.31. The van der Waals surface area contributed by atoms with Crippen LogP contribution < -0.4 is 15.0 Å². The highest BCUT2D eigenvalue weighted by atomic mass is 16.7. The van der Waals surface area contributed by atoms with E-state index < -0.39 is 70.1 Å². The first-order valence-electron chi connectivity index (χ1n) is 24.2. The van der Waals surface area contributed by atoms with Crippen LogP contribution in [0.25, 0.3) is 21.7 Å². The monoisotopic (exact) mass is 917 g/mol. The standard InChI is InChI=1S/C53H51N5O10/c1-24-13-30-37(34(59)14-24)43(62)39-35-17-28-27(38(39)42(30)61)6-12-55-47(28)56-21-36(60)51-9-4-5-32(51)29-16-25(15-26-20-54-23-57-26)58-41(29)31-18-52(67-35)45(64)44(63)46(65)53(68-52)40(31)33(51)19-50(48(53)66)11-10-49(22-50)7-2-3-8-49/h6,12-14,16-18,20,23,32,36,44-46,48,60,63-66H,2-5,7-11,15,19,21-22H2,1H3,(H,59,62)(H,55,56,61). The van der Waals surface area contributed by atoms with Crippen LogP contribution in [0.15, 0.2) is 58.7 Å². The minimum atomic E-state index is -2.45. The van der Waals surface area contributed by atoms with E-state index in [1.54, 1.807) is 31.3 Å². The molecule has 1 saturated heterocycles. The van der Waals surface area contributed by atoms with E-state index in [2.05, 4.69) is 21.7 Å². The molecule has 8 bridgehead atoms. The van der Waals surface area contributed by atoms with Crippen molar-refractivity contribution in [1.29, 1.82) is 0 Å². The van der Waals surface area contributed by atoms with E-state index >= 15 is 4.79 Å². The van der Waals surface area contributed by atoms with Crippen molar-refractivity contribution in [3.05, 3.63) is 117 Å². The van der Waals surface area contributed by atoms with Crippen molar-refractivity contribution in [3.63, 3.8) is 0 Å². The molecule has 3 saturated carbocycles. The highest BCUT2D eigenvalue weighted by Crippen LogP contribution is 2.73. The van der Waals surface area contributed by atoms with Crippen molar-refractivity contribution in [2.45, 2.75) is 132 Å². The van der Waals surface area contributed by atoms with Gasteiger partial charge in [0.25, 0.3) is 5.79 Å². The molecule has 2 aromatic carbocycles. The van der Waals surface area contributed by atoms with Gasteiger partial charge in [0.1, 0.15) is 35.9 Å². The Kier molecular flexibility index (Phi) is 8.30. The van der Waals surface area contributed by atoms with Gasteiger partial charge in [-0.15, -0.1) is 11.4 Å². The minimum Gasteiger partial charge on any atom is -0.657 e. The molecule has 15 rings (SSSR count). The lowest BCUT2D eigenvalue weighted by Gasteiger charge is -2.64. The van der Waals surface area contributed by atoms with Crippen LogP contribution in [0.2, 0.25) is 0 Å². The van der Waals surface area contributed by atoms with E-state index in [1.165, 1.54) is 25.0 Å². The molecule has 68 heavy (non-hydrogen) atoms. The number of aliphatic hydroxyl groups is 5. The number of nitrogens with one attached hydrogen (secondary N) is 1. The Morgan fingerprint density at radius 2 is 1.78 bits per heavy atom. The van der Waals surface area contributed by atoms with E-state index in [4.69, 9.17) is 19.4 Å². The molecular weight excluding hydrogens is 867 g/mol. The number of phenols is 1. The number of anilines is 1. The molecule has 0 amide bonds. The number of rotatable bonds is 2. The van der Waals surface area contributed by atoms with E-state index in [1.807, 2.05) is 0 Å². The van der Waals surface area contributed by atoms with E-state index in [0.29, 0.717) is 89.3 Å². The summed E-state index contributed by atoms with van der Waals surface area (Å²) in [4.78, 5) is 44.3. The molecule has 7 heterocycles. The molecule has 11 aliphatic rings. The second kappa shape index (κ2) is 13.6. The number of ether oxygens (including phenoxy) is 2. The second-order valence-corrected chi connectivity index (χ2v) is 21.7. The molecule has 6 aliphatic carbocycles. The number of phenolic OH excluding ortho intramolecular Hbond substituents is 1. The third-order valence-electron chi connectivity index (χ3n) is 18.4. The van der Waals surface area contributed by atoms with Crippen LogP contribution in [0, 0.1) is 35.9 Å². The Morgan fingerprint density at radius 1 is 0.941 bits per heavy atom. The van der Waals surface area contributed by atoms with E-state index in [-0.39, 0.29) is 45.9 Å². The number of ketones is 2. The third-order valence-corrected chi connectivity index (χ3v) is 18.4. The fourth-order valence-corrected chi connectivity index (χ4v) is 15.7. The average Bonchev–Trinajstić information content (AvgIpc) is 4.19. The van der Waals surface area contributed by atoms with E-state index in [0.717, 1.165) is 49.7 Å². The highest BCUT2D eigenvalue weighted by Gasteiger charge is 2.75. The second-order valence-electron chi connectivity index (χ2n) is 21.7. The Labute approximate surface area is 391 Å². The molecule has 15 heteroatoms. The third kappa shape index (κ3) is 5.02. The fourth-order valence-electron chi connectivity index (χ4n) is 15.7. The number of aliphatic imine (C=N–C) groups is 1. The zero-order valence-corrected chi connectivity index (χ0v) is 37.5. The molecule has 10 unspecified atom stereocenters. The van der Waals surface area contributed by atoms with Crippen LogP contribution in [0.4, 0.5) is 5.82 Å². The van der Waals surface area contributed by atoms with Gasteiger partial charge >= 0.3 is 6.21 Å². The van der Waals surface area contributed by atoms with Crippen molar-refractivity contribution < 1.29 is 49.7 Å². The number of aryl methyl sites for hydroxylation is 1. The van der Waals surface area contributed by atoms with Gasteiger partial charge in [0, 0.05) is 40.1 Å². The Bertz CT molecular complexity index is 3060. The van der Waals surface area contributed by atoms with Gasteiger partial charge in [0.05, 0.1) is 30.0 Å². The molecule has 7 N–H and O–H groups in total. The smallest absolute Gasteiger partial charge is 0.301 e. The lowest BCUT2D eigenvalue weighted by Crippen LogP contribution is -2.79. The number of pyridine rings is 1. The molecule has 5 aliphatic heterocycles. The predicted molar refractivity (Wildman–Crippen MR) is 246 cm³/mol. The molecule has 10 atom stereocenters. The van der Waals surface area contributed by atoms with Gasteiger partial charge in [-0.25, -0.2) is 4.98 Å². The zero-order chi connectivity index (χ0) is 46.4. The number of carbonyl (C=O) groups is 2. The minimum absolute atomic E-state index is 0.00486. The van der Waals surface area contributed by atoms with Gasteiger partial charge in [0.15, 0.2) is 23.5 Å². The normalized spacial score (nSPS) is 36.7. The molecule has 5 spiro atoms. The molecule has 15 nitrogen and oxygen atoms in total. The van der Waals surface area contributed by atoms with Gasteiger partial charge in [-0.3, -0.25) is 14.9 Å². The number of fused-ring (bicyclic) bond motifs is 7. The van der Waals surface area contributed by atoms with Crippen LogP contribution in [0.5, 0.6) is 11.5 Å². The van der Waals surface area contributed by atoms with Crippen LogP contribution >= 0.6 is 0 Å². The molecule has 4 fully saturated rings. The number of benzene rings is 2. The number of hydrogen-bond donors (Lipinski definition) is 7. The highest BCUT2D eigenvalue weighted by molar-refractivity contribution is 6.34. The zero-order valence-electron chi connectivity index (χ0n) is 37.5. The summed E-state index contributed by atoms with van der Waals surface area (Å²) in [6.45, 7) is 3.19. The number of aliphatic hydroxyl groups excluding tert-OH is 5. The summed E-state index contributed by atoms with van der Waals surface area (Å²) in [5, 5.41) is 85.3. The summed E-state index contributed by atoms with van der Waals surface area (Å²) >= 11 is 0. The summed E-state index contributed by atoms with van der Waals surface area (Å²) in [7, 11) is 0. The van der Waals surface area contributed by atoms with Crippen LogP contribution in [0.1, 0.15) is 131 Å². The van der Waals surface area contributed by atoms with E-state index in [9.17, 15) is 35.4 Å².